The molecule has 4 amide bonds. The number of carbonyl (C=O) groups is 4. The first-order valence-electron chi connectivity index (χ1n) is 14.2. The third kappa shape index (κ3) is 6.30. The minimum Gasteiger partial charge on any atom is -0.444 e. The molecule has 1 atom stereocenters. The van der Waals surface area contributed by atoms with Gasteiger partial charge in [-0.3, -0.25) is 9.59 Å². The van der Waals surface area contributed by atoms with Crippen LogP contribution < -0.4 is 5.32 Å². The van der Waals surface area contributed by atoms with Crippen molar-refractivity contribution in [2.24, 2.45) is 0 Å². The minimum absolute atomic E-state index is 0.101. The third-order valence-electron chi connectivity index (χ3n) is 8.06. The van der Waals surface area contributed by atoms with Crippen molar-refractivity contribution in [1.82, 2.24) is 15.1 Å². The van der Waals surface area contributed by atoms with Gasteiger partial charge in [-0.2, -0.15) is 0 Å². The summed E-state index contributed by atoms with van der Waals surface area (Å²) in [7, 11) is 0. The third-order valence-corrected chi connectivity index (χ3v) is 8.55. The van der Waals surface area contributed by atoms with Crippen molar-refractivity contribution >= 4 is 39.9 Å². The molecule has 0 unspecified atom stereocenters. The monoisotopic (exact) mass is 643 g/mol. The summed E-state index contributed by atoms with van der Waals surface area (Å²) in [5, 5.41) is 2.91. The number of halogens is 2. The van der Waals surface area contributed by atoms with E-state index in [1.165, 1.54) is 12.1 Å². The lowest BCUT2D eigenvalue weighted by molar-refractivity contribution is -0.143. The number of alkyl carbamates (subject to hydrolysis) is 1. The van der Waals surface area contributed by atoms with Crippen LogP contribution in [0.25, 0.3) is 0 Å². The summed E-state index contributed by atoms with van der Waals surface area (Å²) in [5.74, 6) is -1.32. The van der Waals surface area contributed by atoms with E-state index in [1.54, 1.807) is 49.9 Å². The Morgan fingerprint density at radius 1 is 1.12 bits per heavy atom. The zero-order valence-corrected chi connectivity index (χ0v) is 25.5. The average molecular weight is 645 g/mol. The maximum atomic E-state index is 13.8. The molecule has 11 heteroatoms. The van der Waals surface area contributed by atoms with E-state index in [0.29, 0.717) is 44.1 Å². The normalized spacial score (nSPS) is 23.5. The van der Waals surface area contributed by atoms with Gasteiger partial charge < -0.3 is 19.7 Å². The van der Waals surface area contributed by atoms with Gasteiger partial charge in [0.15, 0.2) is 0 Å². The fourth-order valence-corrected chi connectivity index (χ4v) is 6.47. The summed E-state index contributed by atoms with van der Waals surface area (Å²) in [6, 6.07) is 11.1. The molecule has 1 heterocycles. The molecular formula is C31H35BrFN3O6. The molecule has 1 spiro atoms. The molecular weight excluding hydrogens is 609 g/mol. The highest BCUT2D eigenvalue weighted by atomic mass is 79.9. The van der Waals surface area contributed by atoms with Crippen LogP contribution in [-0.2, 0) is 37.6 Å². The van der Waals surface area contributed by atoms with E-state index in [9.17, 15) is 23.6 Å². The van der Waals surface area contributed by atoms with Crippen LogP contribution in [0.4, 0.5) is 14.0 Å². The van der Waals surface area contributed by atoms with Gasteiger partial charge in [-0.25, -0.2) is 18.9 Å². The molecule has 0 aromatic heterocycles. The quantitative estimate of drug-likeness (QED) is 0.441. The Labute approximate surface area is 252 Å². The molecule has 9 nitrogen and oxygen atoms in total. The van der Waals surface area contributed by atoms with Crippen LogP contribution in [0.1, 0.15) is 69.6 Å². The van der Waals surface area contributed by atoms with Crippen molar-refractivity contribution in [2.45, 2.75) is 89.1 Å². The molecule has 5 rings (SSSR count). The van der Waals surface area contributed by atoms with E-state index in [-0.39, 0.29) is 24.4 Å². The Bertz CT molecular complexity index is 1390. The molecule has 2 aliphatic carbocycles. The minimum atomic E-state index is -1.42. The lowest BCUT2D eigenvalue weighted by atomic mass is 9.89. The maximum absolute atomic E-state index is 13.8. The van der Waals surface area contributed by atoms with E-state index >= 15 is 0 Å². The maximum Gasteiger partial charge on any atom is 0.418 e. The van der Waals surface area contributed by atoms with Gasteiger partial charge in [0.25, 0.3) is 5.91 Å². The van der Waals surface area contributed by atoms with Crippen LogP contribution >= 0.6 is 15.9 Å². The van der Waals surface area contributed by atoms with E-state index in [2.05, 4.69) is 21.2 Å². The molecule has 1 saturated heterocycles. The van der Waals surface area contributed by atoms with Gasteiger partial charge in [-0.15, -0.1) is 0 Å². The standard InChI is InChI=1S/C31H35BrFN3O6/c1-30(2,3)41-28(39)34-23-9-11-24(12-10-23)35(17-19-4-7-22(33)8-5-19)26(37)18-36-27(38)31(42-29(36)40)15-14-20-16-21(32)6-13-25(20)31/h4-8,13,16,23-24H,9-12,14-15,17-18H2,1-3H3,(H,34,39)/t23?,24?,31-/m1/s1. The van der Waals surface area contributed by atoms with E-state index in [0.717, 1.165) is 20.5 Å². The molecule has 1 saturated carbocycles. The summed E-state index contributed by atoms with van der Waals surface area (Å²) in [5.41, 5.74) is 0.275. The second-order valence-corrected chi connectivity index (χ2v) is 13.1. The highest BCUT2D eigenvalue weighted by molar-refractivity contribution is 9.10. The Morgan fingerprint density at radius 3 is 2.48 bits per heavy atom. The van der Waals surface area contributed by atoms with Gasteiger partial charge in [-0.1, -0.05) is 34.1 Å². The zero-order chi connectivity index (χ0) is 30.2. The number of imide groups is 1. The molecule has 3 aliphatic rings. The van der Waals surface area contributed by atoms with Crippen molar-refractivity contribution in [2.75, 3.05) is 6.54 Å². The first-order chi connectivity index (χ1) is 19.8. The van der Waals surface area contributed by atoms with Gasteiger partial charge in [0.1, 0.15) is 18.0 Å². The first kappa shape index (κ1) is 30.0. The molecule has 224 valence electrons. The van der Waals surface area contributed by atoms with Crippen LogP contribution in [0.3, 0.4) is 0 Å². The van der Waals surface area contributed by atoms with Crippen molar-refractivity contribution in [3.8, 4) is 0 Å². The number of carbonyl (C=O) groups excluding carboxylic acids is 4. The van der Waals surface area contributed by atoms with Gasteiger partial charge >= 0.3 is 12.2 Å². The molecule has 42 heavy (non-hydrogen) atoms. The van der Waals surface area contributed by atoms with E-state index in [4.69, 9.17) is 9.47 Å². The smallest absolute Gasteiger partial charge is 0.418 e. The molecule has 0 radical (unpaired) electrons. The second-order valence-electron chi connectivity index (χ2n) is 12.2. The van der Waals surface area contributed by atoms with Crippen molar-refractivity contribution in [1.29, 1.82) is 0 Å². The van der Waals surface area contributed by atoms with Gasteiger partial charge in [-0.05, 0) is 88.3 Å². The SMILES string of the molecule is CC(C)(C)OC(=O)NC1CCC(N(Cc2ccc(F)cc2)C(=O)CN2C(=O)O[C@@]3(CCc4cc(Br)ccc43)C2=O)CC1. The predicted octanol–water partition coefficient (Wildman–Crippen LogP) is 5.57. The van der Waals surface area contributed by atoms with E-state index < -0.39 is 41.7 Å². The summed E-state index contributed by atoms with van der Waals surface area (Å²) in [6.45, 7) is 5.14. The molecule has 2 aromatic carbocycles. The lowest BCUT2D eigenvalue weighted by Gasteiger charge is -2.38. The fraction of sp³-hybridized carbons (Fsp3) is 0.484. The summed E-state index contributed by atoms with van der Waals surface area (Å²) < 4.78 is 25.5. The Balaban J connectivity index is 1.30. The first-order valence-corrected chi connectivity index (χ1v) is 15.0. The number of benzene rings is 2. The summed E-state index contributed by atoms with van der Waals surface area (Å²) in [6.07, 6.45) is 2.02. The van der Waals surface area contributed by atoms with Crippen molar-refractivity contribution < 1.29 is 33.0 Å². The predicted molar refractivity (Wildman–Crippen MR) is 155 cm³/mol. The zero-order valence-electron chi connectivity index (χ0n) is 24.0. The second kappa shape index (κ2) is 11.7. The molecule has 1 N–H and O–H groups in total. The number of aryl methyl sites for hydroxylation is 1. The van der Waals surface area contributed by atoms with Crippen LogP contribution in [-0.4, -0.2) is 58.0 Å². The van der Waals surface area contributed by atoms with Crippen LogP contribution in [0.2, 0.25) is 0 Å². The highest BCUT2D eigenvalue weighted by Crippen LogP contribution is 2.46. The number of hydrogen-bond donors (Lipinski definition) is 1. The number of rotatable bonds is 6. The highest BCUT2D eigenvalue weighted by Gasteiger charge is 2.58. The van der Waals surface area contributed by atoms with Gasteiger partial charge in [0.2, 0.25) is 11.5 Å². The number of nitrogens with one attached hydrogen (secondary N) is 1. The fourth-order valence-electron chi connectivity index (χ4n) is 6.06. The number of amides is 4. The van der Waals surface area contributed by atoms with Crippen LogP contribution in [0.15, 0.2) is 46.9 Å². The summed E-state index contributed by atoms with van der Waals surface area (Å²) in [4.78, 5) is 55.3. The Kier molecular flexibility index (Phi) is 8.33. The van der Waals surface area contributed by atoms with Crippen molar-refractivity contribution in [3.05, 3.63) is 69.4 Å². The molecule has 1 aliphatic heterocycles. The summed E-state index contributed by atoms with van der Waals surface area (Å²) >= 11 is 3.44. The van der Waals surface area contributed by atoms with Gasteiger partial charge in [0, 0.05) is 35.1 Å². The largest absolute Gasteiger partial charge is 0.444 e. The van der Waals surface area contributed by atoms with Gasteiger partial charge in [0.05, 0.1) is 0 Å². The molecule has 2 fully saturated rings. The molecule has 0 bridgehead atoms. The Morgan fingerprint density at radius 2 is 1.81 bits per heavy atom. The number of hydrogen-bond acceptors (Lipinski definition) is 6. The Hall–Kier alpha value is -3.47. The van der Waals surface area contributed by atoms with E-state index in [1.807, 2.05) is 6.07 Å². The average Bonchev–Trinajstić information content (AvgIpc) is 3.39. The lowest BCUT2D eigenvalue weighted by Crippen LogP contribution is -2.50. The number of ether oxygens (including phenoxy) is 2. The number of fused-ring (bicyclic) bond motifs is 2. The molecule has 2 aromatic rings. The topological polar surface area (TPSA) is 105 Å². The van der Waals surface area contributed by atoms with Crippen molar-refractivity contribution in [3.63, 3.8) is 0 Å². The van der Waals surface area contributed by atoms with Crippen LogP contribution in [0, 0.1) is 5.82 Å². The van der Waals surface area contributed by atoms with Crippen LogP contribution in [0.5, 0.6) is 0 Å². The number of nitrogens with zero attached hydrogens (tertiary/aromatic N) is 2.